The second-order valence-electron chi connectivity index (χ2n) is 5.56. The Morgan fingerprint density at radius 1 is 1.45 bits per heavy atom. The van der Waals surface area contributed by atoms with Gasteiger partial charge in [0.1, 0.15) is 0 Å². The molecule has 3 unspecified atom stereocenters. The molecule has 4 nitrogen and oxygen atoms in total. The molecule has 0 aromatic heterocycles. The lowest BCUT2D eigenvalue weighted by molar-refractivity contribution is -0.138. The van der Waals surface area contributed by atoms with Gasteiger partial charge in [-0.2, -0.15) is 0 Å². The SMILES string of the molecule is CC(C(=O)O)c1ccc(CNCC2CCOC2C)cc1. The molecule has 0 saturated carbocycles. The highest BCUT2D eigenvalue weighted by Crippen LogP contribution is 2.19. The predicted molar refractivity (Wildman–Crippen MR) is 77.7 cm³/mol. The fourth-order valence-electron chi connectivity index (χ4n) is 2.51. The average Bonchev–Trinajstić information content (AvgIpc) is 2.84. The number of carboxylic acids is 1. The molecule has 2 rings (SSSR count). The van der Waals surface area contributed by atoms with Crippen LogP contribution in [0.25, 0.3) is 0 Å². The third-order valence-electron chi connectivity index (χ3n) is 4.12. The maximum Gasteiger partial charge on any atom is 0.310 e. The summed E-state index contributed by atoms with van der Waals surface area (Å²) < 4.78 is 5.54. The van der Waals surface area contributed by atoms with Crippen LogP contribution < -0.4 is 5.32 Å². The fourth-order valence-corrected chi connectivity index (χ4v) is 2.51. The van der Waals surface area contributed by atoms with Crippen molar-refractivity contribution in [2.24, 2.45) is 5.92 Å². The number of benzene rings is 1. The van der Waals surface area contributed by atoms with Crippen LogP contribution in [0.3, 0.4) is 0 Å². The molecule has 1 aliphatic heterocycles. The lowest BCUT2D eigenvalue weighted by Gasteiger charge is -2.15. The van der Waals surface area contributed by atoms with Crippen molar-refractivity contribution in [1.82, 2.24) is 5.32 Å². The highest BCUT2D eigenvalue weighted by atomic mass is 16.5. The molecule has 1 aromatic carbocycles. The molecule has 1 aliphatic rings. The van der Waals surface area contributed by atoms with Crippen LogP contribution in [0.5, 0.6) is 0 Å². The molecule has 1 saturated heterocycles. The first kappa shape index (κ1) is 15.0. The molecule has 1 fully saturated rings. The second kappa shape index (κ2) is 6.86. The zero-order valence-electron chi connectivity index (χ0n) is 12.1. The number of rotatable bonds is 6. The summed E-state index contributed by atoms with van der Waals surface area (Å²) in [5, 5.41) is 12.4. The van der Waals surface area contributed by atoms with Crippen molar-refractivity contribution >= 4 is 5.97 Å². The number of carboxylic acid groups (broad SMARTS) is 1. The molecule has 2 N–H and O–H groups in total. The molecule has 110 valence electrons. The van der Waals surface area contributed by atoms with Crippen LogP contribution in [0, 0.1) is 5.92 Å². The Balaban J connectivity index is 1.80. The van der Waals surface area contributed by atoms with Gasteiger partial charge in [-0.15, -0.1) is 0 Å². The first-order valence-corrected chi connectivity index (χ1v) is 7.22. The van der Waals surface area contributed by atoms with Crippen LogP contribution in [-0.4, -0.2) is 30.3 Å². The minimum absolute atomic E-state index is 0.348. The van der Waals surface area contributed by atoms with Crippen LogP contribution in [0.1, 0.15) is 37.3 Å². The summed E-state index contributed by atoms with van der Waals surface area (Å²) >= 11 is 0. The van der Waals surface area contributed by atoms with Crippen LogP contribution in [-0.2, 0) is 16.1 Å². The van der Waals surface area contributed by atoms with E-state index in [9.17, 15) is 4.79 Å². The molecule has 20 heavy (non-hydrogen) atoms. The number of hydrogen-bond acceptors (Lipinski definition) is 3. The molecule has 1 aromatic rings. The van der Waals surface area contributed by atoms with Gasteiger partial charge in [0, 0.05) is 19.7 Å². The van der Waals surface area contributed by atoms with Crippen LogP contribution in [0.4, 0.5) is 0 Å². The van der Waals surface area contributed by atoms with E-state index < -0.39 is 11.9 Å². The van der Waals surface area contributed by atoms with Gasteiger partial charge in [0.2, 0.25) is 0 Å². The number of nitrogens with one attached hydrogen (secondary N) is 1. The first-order chi connectivity index (χ1) is 9.58. The summed E-state index contributed by atoms with van der Waals surface area (Å²) in [5.41, 5.74) is 2.02. The number of carbonyl (C=O) groups is 1. The van der Waals surface area contributed by atoms with E-state index in [1.807, 2.05) is 24.3 Å². The Bertz CT molecular complexity index is 444. The normalized spacial score (nSPS) is 23.7. The van der Waals surface area contributed by atoms with E-state index in [4.69, 9.17) is 9.84 Å². The van der Waals surface area contributed by atoms with Crippen molar-refractivity contribution in [1.29, 1.82) is 0 Å². The van der Waals surface area contributed by atoms with E-state index in [2.05, 4.69) is 12.2 Å². The number of hydrogen-bond donors (Lipinski definition) is 2. The Labute approximate surface area is 120 Å². The third-order valence-corrected chi connectivity index (χ3v) is 4.12. The van der Waals surface area contributed by atoms with Crippen LogP contribution in [0.15, 0.2) is 24.3 Å². The van der Waals surface area contributed by atoms with Crippen molar-refractivity contribution in [3.05, 3.63) is 35.4 Å². The molecule has 0 aliphatic carbocycles. The summed E-state index contributed by atoms with van der Waals surface area (Å²) in [6.45, 7) is 6.48. The molecule has 0 spiro atoms. The Kier molecular flexibility index (Phi) is 5.15. The van der Waals surface area contributed by atoms with Crippen LogP contribution in [0.2, 0.25) is 0 Å². The molecule has 0 radical (unpaired) electrons. The van der Waals surface area contributed by atoms with E-state index in [-0.39, 0.29) is 0 Å². The third kappa shape index (κ3) is 3.81. The van der Waals surface area contributed by atoms with Crippen molar-refractivity contribution in [3.63, 3.8) is 0 Å². The van der Waals surface area contributed by atoms with Gasteiger partial charge in [-0.3, -0.25) is 4.79 Å². The quantitative estimate of drug-likeness (QED) is 0.838. The minimum Gasteiger partial charge on any atom is -0.481 e. The maximum atomic E-state index is 10.9. The Morgan fingerprint density at radius 2 is 2.15 bits per heavy atom. The standard InChI is InChI=1S/C16H23NO3/c1-11(16(18)19)14-5-3-13(4-6-14)9-17-10-15-7-8-20-12(15)2/h3-6,11-12,15,17H,7-10H2,1-2H3,(H,18,19). The van der Waals surface area contributed by atoms with Gasteiger partial charge < -0.3 is 15.2 Å². The van der Waals surface area contributed by atoms with Gasteiger partial charge in [-0.1, -0.05) is 24.3 Å². The monoisotopic (exact) mass is 277 g/mol. The fraction of sp³-hybridized carbons (Fsp3) is 0.562. The van der Waals surface area contributed by atoms with Crippen LogP contribution >= 0.6 is 0 Å². The smallest absolute Gasteiger partial charge is 0.310 e. The topological polar surface area (TPSA) is 58.6 Å². The summed E-state index contributed by atoms with van der Waals surface area (Å²) in [4.78, 5) is 10.9. The molecule has 4 heteroatoms. The predicted octanol–water partition coefficient (Wildman–Crippen LogP) is 2.39. The van der Waals surface area contributed by atoms with Gasteiger partial charge >= 0.3 is 5.97 Å². The van der Waals surface area contributed by atoms with Crippen molar-refractivity contribution in [2.75, 3.05) is 13.2 Å². The van der Waals surface area contributed by atoms with Crippen molar-refractivity contribution in [3.8, 4) is 0 Å². The Hall–Kier alpha value is -1.39. The second-order valence-corrected chi connectivity index (χ2v) is 5.56. The largest absolute Gasteiger partial charge is 0.481 e. The van der Waals surface area contributed by atoms with E-state index >= 15 is 0 Å². The highest BCUT2D eigenvalue weighted by Gasteiger charge is 2.23. The first-order valence-electron chi connectivity index (χ1n) is 7.22. The zero-order chi connectivity index (χ0) is 14.5. The van der Waals surface area contributed by atoms with Gasteiger partial charge in [-0.05, 0) is 37.3 Å². The molecule has 0 amide bonds. The van der Waals surface area contributed by atoms with Gasteiger partial charge in [0.05, 0.1) is 12.0 Å². The molecule has 0 bridgehead atoms. The Morgan fingerprint density at radius 3 is 2.70 bits per heavy atom. The zero-order valence-corrected chi connectivity index (χ0v) is 12.1. The summed E-state index contributed by atoms with van der Waals surface area (Å²) in [6.07, 6.45) is 1.48. The molecular weight excluding hydrogens is 254 g/mol. The number of aliphatic carboxylic acids is 1. The summed E-state index contributed by atoms with van der Waals surface area (Å²) in [5.74, 6) is -0.638. The molecular formula is C16H23NO3. The highest BCUT2D eigenvalue weighted by molar-refractivity contribution is 5.75. The van der Waals surface area contributed by atoms with Crippen molar-refractivity contribution < 1.29 is 14.6 Å². The van der Waals surface area contributed by atoms with Crippen molar-refractivity contribution in [2.45, 2.75) is 38.8 Å². The summed E-state index contributed by atoms with van der Waals surface area (Å²) in [6, 6.07) is 7.79. The number of ether oxygens (including phenoxy) is 1. The van der Waals surface area contributed by atoms with E-state index in [1.54, 1.807) is 6.92 Å². The average molecular weight is 277 g/mol. The van der Waals surface area contributed by atoms with E-state index in [0.29, 0.717) is 12.0 Å². The van der Waals surface area contributed by atoms with Gasteiger partial charge in [0.25, 0.3) is 0 Å². The van der Waals surface area contributed by atoms with E-state index in [1.165, 1.54) is 5.56 Å². The molecule has 3 atom stereocenters. The van der Waals surface area contributed by atoms with Gasteiger partial charge in [0.15, 0.2) is 0 Å². The summed E-state index contributed by atoms with van der Waals surface area (Å²) in [7, 11) is 0. The minimum atomic E-state index is -0.786. The molecule has 1 heterocycles. The lowest BCUT2D eigenvalue weighted by atomic mass is 10.00. The van der Waals surface area contributed by atoms with E-state index in [0.717, 1.165) is 31.7 Å². The maximum absolute atomic E-state index is 10.9. The van der Waals surface area contributed by atoms with Gasteiger partial charge in [-0.25, -0.2) is 0 Å². The lowest BCUT2D eigenvalue weighted by Crippen LogP contribution is -2.26.